The van der Waals surface area contributed by atoms with Crippen LogP contribution in [0.15, 0.2) is 24.3 Å². The van der Waals surface area contributed by atoms with E-state index in [1.54, 1.807) is 24.3 Å². The van der Waals surface area contributed by atoms with Gasteiger partial charge in [-0.2, -0.15) is 0 Å². The molecule has 1 aromatic rings. The van der Waals surface area contributed by atoms with E-state index in [-0.39, 0.29) is 5.91 Å². The van der Waals surface area contributed by atoms with Crippen molar-refractivity contribution in [3.8, 4) is 0 Å². The van der Waals surface area contributed by atoms with Crippen molar-refractivity contribution >= 4 is 5.91 Å². The summed E-state index contributed by atoms with van der Waals surface area (Å²) >= 11 is 0. The minimum absolute atomic E-state index is 0.319. The Balaban J connectivity index is 0.000000686. The SMILES string of the molecule is CC.Cc1ccc(C(=O)N2CC(F)(F)C2)cc1. The number of rotatable bonds is 1. The summed E-state index contributed by atoms with van der Waals surface area (Å²) in [6, 6.07) is 6.92. The molecule has 1 aliphatic heterocycles. The lowest BCUT2D eigenvalue weighted by molar-refractivity contribution is -0.113. The van der Waals surface area contributed by atoms with Gasteiger partial charge in [0.15, 0.2) is 0 Å². The maximum Gasteiger partial charge on any atom is 0.282 e. The second-order valence-corrected chi connectivity index (χ2v) is 3.88. The van der Waals surface area contributed by atoms with Gasteiger partial charge in [-0.05, 0) is 19.1 Å². The number of aryl methyl sites for hydroxylation is 1. The molecule has 1 fully saturated rings. The van der Waals surface area contributed by atoms with Gasteiger partial charge in [0.1, 0.15) is 0 Å². The Morgan fingerprint density at radius 1 is 1.18 bits per heavy atom. The average molecular weight is 241 g/mol. The summed E-state index contributed by atoms with van der Waals surface area (Å²) in [6.07, 6.45) is 0. The highest BCUT2D eigenvalue weighted by atomic mass is 19.3. The molecule has 4 heteroatoms. The van der Waals surface area contributed by atoms with Crippen molar-refractivity contribution in [1.29, 1.82) is 0 Å². The Hall–Kier alpha value is -1.45. The molecular formula is C13H17F2NO. The lowest BCUT2D eigenvalue weighted by atomic mass is 10.1. The molecule has 0 aromatic heterocycles. The summed E-state index contributed by atoms with van der Waals surface area (Å²) in [5.74, 6) is -3.01. The van der Waals surface area contributed by atoms with E-state index in [0.29, 0.717) is 5.56 Å². The van der Waals surface area contributed by atoms with Crippen LogP contribution in [0.3, 0.4) is 0 Å². The van der Waals surface area contributed by atoms with Gasteiger partial charge in [-0.3, -0.25) is 4.79 Å². The van der Waals surface area contributed by atoms with Crippen LogP contribution in [-0.2, 0) is 0 Å². The van der Waals surface area contributed by atoms with E-state index in [0.717, 1.165) is 10.5 Å². The van der Waals surface area contributed by atoms with Gasteiger partial charge in [-0.15, -0.1) is 0 Å². The number of hydrogen-bond donors (Lipinski definition) is 0. The molecule has 0 radical (unpaired) electrons. The van der Waals surface area contributed by atoms with Crippen LogP contribution in [0.4, 0.5) is 8.78 Å². The summed E-state index contributed by atoms with van der Waals surface area (Å²) in [5, 5.41) is 0. The largest absolute Gasteiger partial charge is 0.326 e. The quantitative estimate of drug-likeness (QED) is 0.739. The normalized spacial score (nSPS) is 16.6. The lowest BCUT2D eigenvalue weighted by Gasteiger charge is -2.38. The molecule has 1 heterocycles. The first kappa shape index (κ1) is 13.6. The Kier molecular flexibility index (Phi) is 4.21. The number of carbonyl (C=O) groups is 1. The molecule has 94 valence electrons. The van der Waals surface area contributed by atoms with Crippen LogP contribution < -0.4 is 0 Å². The highest BCUT2D eigenvalue weighted by Crippen LogP contribution is 2.27. The first-order valence-electron chi connectivity index (χ1n) is 5.72. The Morgan fingerprint density at radius 3 is 2.06 bits per heavy atom. The number of benzene rings is 1. The Labute approximate surface area is 100 Å². The van der Waals surface area contributed by atoms with Gasteiger partial charge in [-0.1, -0.05) is 31.5 Å². The molecule has 17 heavy (non-hydrogen) atoms. The molecule has 0 N–H and O–H groups in total. The number of amides is 1. The van der Waals surface area contributed by atoms with Crippen molar-refractivity contribution < 1.29 is 13.6 Å². The van der Waals surface area contributed by atoms with Crippen LogP contribution in [0.5, 0.6) is 0 Å². The third-order valence-electron chi connectivity index (χ3n) is 2.43. The molecular weight excluding hydrogens is 224 g/mol. The second-order valence-electron chi connectivity index (χ2n) is 3.88. The number of alkyl halides is 2. The zero-order chi connectivity index (χ0) is 13.1. The van der Waals surface area contributed by atoms with Gasteiger partial charge in [0.05, 0.1) is 13.1 Å². The zero-order valence-corrected chi connectivity index (χ0v) is 10.3. The molecule has 1 aliphatic rings. The fourth-order valence-corrected chi connectivity index (χ4v) is 1.53. The highest BCUT2D eigenvalue weighted by molar-refractivity contribution is 5.94. The first-order valence-corrected chi connectivity index (χ1v) is 5.72. The van der Waals surface area contributed by atoms with E-state index in [4.69, 9.17) is 0 Å². The third kappa shape index (κ3) is 3.25. The van der Waals surface area contributed by atoms with E-state index < -0.39 is 19.0 Å². The van der Waals surface area contributed by atoms with Crippen molar-refractivity contribution in [2.75, 3.05) is 13.1 Å². The number of hydrogen-bond acceptors (Lipinski definition) is 1. The fraction of sp³-hybridized carbons (Fsp3) is 0.462. The van der Waals surface area contributed by atoms with Crippen molar-refractivity contribution in [2.45, 2.75) is 26.7 Å². The van der Waals surface area contributed by atoms with Gasteiger partial charge < -0.3 is 4.90 Å². The molecule has 1 amide bonds. The smallest absolute Gasteiger partial charge is 0.282 e. The number of nitrogens with zero attached hydrogens (tertiary/aromatic N) is 1. The predicted octanol–water partition coefficient (Wildman–Crippen LogP) is 3.11. The molecule has 0 atom stereocenters. The van der Waals surface area contributed by atoms with Gasteiger partial charge >= 0.3 is 0 Å². The average Bonchev–Trinajstić information content (AvgIpc) is 2.28. The number of likely N-dealkylation sites (tertiary alicyclic amines) is 1. The van der Waals surface area contributed by atoms with E-state index in [9.17, 15) is 13.6 Å². The number of carbonyl (C=O) groups excluding carboxylic acids is 1. The van der Waals surface area contributed by atoms with Crippen LogP contribution in [-0.4, -0.2) is 29.8 Å². The van der Waals surface area contributed by atoms with Crippen LogP contribution in [0, 0.1) is 6.92 Å². The third-order valence-corrected chi connectivity index (χ3v) is 2.43. The topological polar surface area (TPSA) is 20.3 Å². The summed E-state index contributed by atoms with van der Waals surface area (Å²) in [4.78, 5) is 12.8. The van der Waals surface area contributed by atoms with E-state index in [1.165, 1.54) is 0 Å². The molecule has 0 unspecified atom stereocenters. The molecule has 1 aromatic carbocycles. The van der Waals surface area contributed by atoms with Crippen molar-refractivity contribution in [1.82, 2.24) is 4.90 Å². The fourth-order valence-electron chi connectivity index (χ4n) is 1.53. The minimum Gasteiger partial charge on any atom is -0.326 e. The molecule has 2 nitrogen and oxygen atoms in total. The molecule has 0 bridgehead atoms. The highest BCUT2D eigenvalue weighted by Gasteiger charge is 2.46. The van der Waals surface area contributed by atoms with Crippen LogP contribution in [0.1, 0.15) is 29.8 Å². The van der Waals surface area contributed by atoms with E-state index >= 15 is 0 Å². The standard InChI is InChI=1S/C11H11F2NO.C2H6/c1-8-2-4-9(5-3-8)10(15)14-6-11(12,13)7-14;1-2/h2-5H,6-7H2,1H3;1-2H3. The summed E-state index contributed by atoms with van der Waals surface area (Å²) < 4.78 is 25.1. The van der Waals surface area contributed by atoms with E-state index in [2.05, 4.69) is 0 Å². The first-order chi connectivity index (χ1) is 7.98. The minimum atomic E-state index is -2.69. The van der Waals surface area contributed by atoms with Crippen molar-refractivity contribution in [3.05, 3.63) is 35.4 Å². The maximum absolute atomic E-state index is 12.5. The second kappa shape index (κ2) is 5.25. The zero-order valence-electron chi connectivity index (χ0n) is 10.3. The number of halogens is 2. The molecule has 0 aliphatic carbocycles. The molecule has 0 saturated carbocycles. The van der Waals surface area contributed by atoms with Gasteiger partial charge in [0.25, 0.3) is 11.8 Å². The summed E-state index contributed by atoms with van der Waals surface area (Å²) in [7, 11) is 0. The van der Waals surface area contributed by atoms with Gasteiger partial charge in [-0.25, -0.2) is 8.78 Å². The maximum atomic E-state index is 12.5. The van der Waals surface area contributed by atoms with Crippen LogP contribution in [0.25, 0.3) is 0 Å². The van der Waals surface area contributed by atoms with Gasteiger partial charge in [0, 0.05) is 5.56 Å². The summed E-state index contributed by atoms with van der Waals surface area (Å²) in [6.45, 7) is 4.99. The molecule has 1 saturated heterocycles. The van der Waals surface area contributed by atoms with Crippen LogP contribution in [0.2, 0.25) is 0 Å². The van der Waals surface area contributed by atoms with Crippen molar-refractivity contribution in [3.63, 3.8) is 0 Å². The summed E-state index contributed by atoms with van der Waals surface area (Å²) in [5.41, 5.74) is 1.51. The monoisotopic (exact) mass is 241 g/mol. The Bertz CT molecular complexity index is 379. The van der Waals surface area contributed by atoms with Crippen molar-refractivity contribution in [2.24, 2.45) is 0 Å². The Morgan fingerprint density at radius 2 is 1.65 bits per heavy atom. The molecule has 0 spiro atoms. The van der Waals surface area contributed by atoms with Gasteiger partial charge in [0.2, 0.25) is 0 Å². The lowest BCUT2D eigenvalue weighted by Crippen LogP contribution is -2.58. The van der Waals surface area contributed by atoms with E-state index in [1.807, 2.05) is 20.8 Å². The molecule has 2 rings (SSSR count). The van der Waals surface area contributed by atoms with Crippen LogP contribution >= 0.6 is 0 Å². The predicted molar refractivity (Wildman–Crippen MR) is 63.4 cm³/mol.